The van der Waals surface area contributed by atoms with Gasteiger partial charge in [0, 0.05) is 11.1 Å². The van der Waals surface area contributed by atoms with Crippen LogP contribution in [0.4, 0.5) is 0 Å². The van der Waals surface area contributed by atoms with Crippen molar-refractivity contribution in [3.05, 3.63) is 71.3 Å². The van der Waals surface area contributed by atoms with Gasteiger partial charge in [-0.05, 0) is 24.3 Å². The molecule has 2 heteroatoms. The summed E-state index contributed by atoms with van der Waals surface area (Å²) in [5.74, 6) is 0.615. The third kappa shape index (κ3) is 6.95. The average Bonchev–Trinajstić information content (AvgIpc) is 2.70. The van der Waals surface area contributed by atoms with E-state index in [2.05, 4.69) is 13.8 Å². The molecule has 0 fully saturated rings. The van der Waals surface area contributed by atoms with Crippen molar-refractivity contribution >= 4 is 5.78 Å². The van der Waals surface area contributed by atoms with E-state index in [4.69, 9.17) is 0 Å². The second-order valence-electron chi connectivity index (χ2n) is 7.60. The molecule has 2 aromatic carbocycles. The zero-order valence-electron chi connectivity index (χ0n) is 16.9. The lowest BCUT2D eigenvalue weighted by Crippen LogP contribution is -2.18. The van der Waals surface area contributed by atoms with Crippen molar-refractivity contribution in [1.82, 2.24) is 0 Å². The smallest absolute Gasteiger partial charge is 0.193 e. The van der Waals surface area contributed by atoms with Gasteiger partial charge in [0.1, 0.15) is 0 Å². The molecule has 0 heterocycles. The number of benzene rings is 2. The number of rotatable bonds is 12. The molecule has 0 aliphatic heterocycles. The molecule has 0 saturated heterocycles. The summed E-state index contributed by atoms with van der Waals surface area (Å²) >= 11 is 0. The topological polar surface area (TPSA) is 37.3 Å². The highest BCUT2D eigenvalue weighted by atomic mass is 16.3. The monoisotopic (exact) mass is 366 g/mol. The van der Waals surface area contributed by atoms with Gasteiger partial charge >= 0.3 is 0 Å². The first-order valence-corrected chi connectivity index (χ1v) is 10.5. The Hall–Kier alpha value is -1.93. The first-order valence-electron chi connectivity index (χ1n) is 10.5. The van der Waals surface area contributed by atoms with E-state index >= 15 is 0 Å². The lowest BCUT2D eigenvalue weighted by atomic mass is 9.87. The minimum absolute atomic E-state index is 0.0342. The van der Waals surface area contributed by atoms with Crippen molar-refractivity contribution in [3.8, 4) is 0 Å². The van der Waals surface area contributed by atoms with Crippen LogP contribution >= 0.6 is 0 Å². The van der Waals surface area contributed by atoms with Crippen molar-refractivity contribution in [2.24, 2.45) is 5.92 Å². The van der Waals surface area contributed by atoms with Crippen LogP contribution in [0.5, 0.6) is 0 Å². The Labute approximate surface area is 164 Å². The fourth-order valence-corrected chi connectivity index (χ4v) is 3.75. The molecule has 2 aromatic rings. The lowest BCUT2D eigenvalue weighted by Gasteiger charge is -2.21. The fraction of sp³-hybridized carbons (Fsp3) is 0.480. The molecule has 1 unspecified atom stereocenters. The quantitative estimate of drug-likeness (QED) is 0.454. The van der Waals surface area contributed by atoms with Crippen LogP contribution in [-0.4, -0.2) is 17.0 Å². The largest absolute Gasteiger partial charge is 0.393 e. The number of aliphatic hydroxyl groups is 1. The SMILES string of the molecule is CCCCC(CCCC)CC(O)Cc1ccccc1C(=O)c1ccccc1. The molecular weight excluding hydrogens is 332 g/mol. The number of carbonyl (C=O) groups excluding carboxylic acids is 1. The summed E-state index contributed by atoms with van der Waals surface area (Å²) in [7, 11) is 0. The average molecular weight is 367 g/mol. The highest BCUT2D eigenvalue weighted by molar-refractivity contribution is 6.09. The van der Waals surface area contributed by atoms with Crippen molar-refractivity contribution < 1.29 is 9.90 Å². The molecular formula is C25H34O2. The maximum atomic E-state index is 12.9. The second kappa shape index (κ2) is 11.7. The predicted octanol–water partition coefficient (Wildman–Crippen LogP) is 6.21. The first kappa shape index (κ1) is 21.4. The van der Waals surface area contributed by atoms with Crippen LogP contribution in [0.2, 0.25) is 0 Å². The molecule has 2 rings (SSSR count). The molecule has 1 atom stereocenters. The zero-order chi connectivity index (χ0) is 19.5. The third-order valence-electron chi connectivity index (χ3n) is 5.29. The van der Waals surface area contributed by atoms with Crippen LogP contribution in [0.15, 0.2) is 54.6 Å². The van der Waals surface area contributed by atoms with E-state index in [9.17, 15) is 9.90 Å². The van der Waals surface area contributed by atoms with Gasteiger partial charge in [-0.15, -0.1) is 0 Å². The summed E-state index contributed by atoms with van der Waals surface area (Å²) in [5.41, 5.74) is 2.35. The number of hydrogen-bond donors (Lipinski definition) is 1. The maximum absolute atomic E-state index is 12.9. The molecule has 146 valence electrons. The van der Waals surface area contributed by atoms with Gasteiger partial charge in [-0.3, -0.25) is 4.79 Å². The molecule has 0 bridgehead atoms. The van der Waals surface area contributed by atoms with Gasteiger partial charge in [-0.2, -0.15) is 0 Å². The summed E-state index contributed by atoms with van der Waals surface area (Å²) in [6.45, 7) is 4.44. The summed E-state index contributed by atoms with van der Waals surface area (Å²) in [5, 5.41) is 10.7. The van der Waals surface area contributed by atoms with E-state index in [0.29, 0.717) is 23.5 Å². The van der Waals surface area contributed by atoms with Crippen LogP contribution in [0, 0.1) is 5.92 Å². The van der Waals surface area contributed by atoms with E-state index in [0.717, 1.165) is 12.0 Å². The number of ketones is 1. The molecule has 0 radical (unpaired) electrons. The van der Waals surface area contributed by atoms with Crippen LogP contribution < -0.4 is 0 Å². The summed E-state index contributed by atoms with van der Waals surface area (Å²) < 4.78 is 0. The Morgan fingerprint density at radius 3 is 2.11 bits per heavy atom. The van der Waals surface area contributed by atoms with Crippen molar-refractivity contribution in [3.63, 3.8) is 0 Å². The van der Waals surface area contributed by atoms with E-state index in [1.807, 2.05) is 54.6 Å². The number of aliphatic hydroxyl groups excluding tert-OH is 1. The summed E-state index contributed by atoms with van der Waals surface area (Å²) in [4.78, 5) is 12.9. The van der Waals surface area contributed by atoms with E-state index < -0.39 is 6.10 Å². The number of unbranched alkanes of at least 4 members (excludes halogenated alkanes) is 2. The predicted molar refractivity (Wildman–Crippen MR) is 113 cm³/mol. The highest BCUT2D eigenvalue weighted by Gasteiger charge is 2.18. The Kier molecular flexibility index (Phi) is 9.27. The molecule has 0 aliphatic rings. The van der Waals surface area contributed by atoms with Gasteiger partial charge in [-0.1, -0.05) is 107 Å². The van der Waals surface area contributed by atoms with Gasteiger partial charge in [0.05, 0.1) is 6.10 Å². The van der Waals surface area contributed by atoms with Gasteiger partial charge < -0.3 is 5.11 Å². The minimum Gasteiger partial charge on any atom is -0.393 e. The van der Waals surface area contributed by atoms with Gasteiger partial charge in [-0.25, -0.2) is 0 Å². The van der Waals surface area contributed by atoms with Crippen LogP contribution in [-0.2, 0) is 6.42 Å². The molecule has 0 saturated carbocycles. The second-order valence-corrected chi connectivity index (χ2v) is 7.60. The molecule has 2 nitrogen and oxygen atoms in total. The van der Waals surface area contributed by atoms with Gasteiger partial charge in [0.15, 0.2) is 5.78 Å². The Morgan fingerprint density at radius 1 is 0.889 bits per heavy atom. The van der Waals surface area contributed by atoms with Crippen molar-refractivity contribution in [2.75, 3.05) is 0 Å². The molecule has 0 amide bonds. The van der Waals surface area contributed by atoms with Crippen molar-refractivity contribution in [2.45, 2.75) is 71.3 Å². The Morgan fingerprint density at radius 2 is 1.48 bits per heavy atom. The molecule has 0 aliphatic carbocycles. The summed E-state index contributed by atoms with van der Waals surface area (Å²) in [6, 6.07) is 17.1. The third-order valence-corrected chi connectivity index (χ3v) is 5.29. The van der Waals surface area contributed by atoms with Crippen LogP contribution in [0.25, 0.3) is 0 Å². The normalized spacial score (nSPS) is 12.3. The molecule has 0 spiro atoms. The van der Waals surface area contributed by atoms with Crippen LogP contribution in [0.1, 0.15) is 80.3 Å². The molecule has 1 N–H and O–H groups in total. The lowest BCUT2D eigenvalue weighted by molar-refractivity contribution is 0.103. The number of carbonyl (C=O) groups is 1. The zero-order valence-corrected chi connectivity index (χ0v) is 16.9. The minimum atomic E-state index is -0.395. The van der Waals surface area contributed by atoms with Crippen molar-refractivity contribution in [1.29, 1.82) is 0 Å². The molecule has 0 aromatic heterocycles. The van der Waals surface area contributed by atoms with Crippen LogP contribution in [0.3, 0.4) is 0 Å². The standard InChI is InChI=1S/C25H34O2/c1-3-5-12-20(13-6-4-2)18-23(26)19-22-16-10-11-17-24(22)25(27)21-14-8-7-9-15-21/h7-11,14-17,20,23,26H,3-6,12-13,18-19H2,1-2H3. The van der Waals surface area contributed by atoms with E-state index in [-0.39, 0.29) is 5.78 Å². The Bertz CT molecular complexity index is 670. The highest BCUT2D eigenvalue weighted by Crippen LogP contribution is 2.24. The Balaban J connectivity index is 2.06. The fourth-order valence-electron chi connectivity index (χ4n) is 3.75. The van der Waals surface area contributed by atoms with Gasteiger partial charge in [0.25, 0.3) is 0 Å². The maximum Gasteiger partial charge on any atom is 0.193 e. The number of hydrogen-bond acceptors (Lipinski definition) is 2. The first-order chi connectivity index (χ1) is 13.2. The van der Waals surface area contributed by atoms with E-state index in [1.165, 1.54) is 38.5 Å². The summed E-state index contributed by atoms with van der Waals surface area (Å²) in [6.07, 6.45) is 8.22. The van der Waals surface area contributed by atoms with E-state index in [1.54, 1.807) is 0 Å². The molecule has 27 heavy (non-hydrogen) atoms. The van der Waals surface area contributed by atoms with Gasteiger partial charge in [0.2, 0.25) is 0 Å².